The summed E-state index contributed by atoms with van der Waals surface area (Å²) in [5.74, 6) is -0.614. The number of nitrogens with zero attached hydrogens (tertiary/aromatic N) is 4. The first-order chi connectivity index (χ1) is 12.1. The van der Waals surface area contributed by atoms with Crippen molar-refractivity contribution in [1.82, 2.24) is 15.1 Å². The lowest BCUT2D eigenvalue weighted by Crippen LogP contribution is -2.43. The third kappa shape index (κ3) is 3.88. The molecule has 7 heteroatoms. The summed E-state index contributed by atoms with van der Waals surface area (Å²) in [6, 6.07) is 7.60. The molecule has 0 spiro atoms. The van der Waals surface area contributed by atoms with Gasteiger partial charge in [0.15, 0.2) is 5.76 Å². The Hall–Kier alpha value is -2.67. The molecule has 0 unspecified atom stereocenters. The topological polar surface area (TPSA) is 82.2 Å². The van der Waals surface area contributed by atoms with E-state index in [1.54, 1.807) is 6.21 Å². The molecule has 1 fully saturated rings. The highest BCUT2D eigenvalue weighted by Crippen LogP contribution is 2.27. The number of aromatic nitrogens is 1. The zero-order valence-electron chi connectivity index (χ0n) is 14.5. The fourth-order valence-electron chi connectivity index (χ4n) is 2.94. The molecule has 1 saturated heterocycles. The van der Waals surface area contributed by atoms with Gasteiger partial charge < -0.3 is 9.63 Å². The quantitative estimate of drug-likeness (QED) is 0.841. The van der Waals surface area contributed by atoms with E-state index in [1.807, 2.05) is 43.1 Å². The van der Waals surface area contributed by atoms with E-state index in [2.05, 4.69) is 15.2 Å². The first kappa shape index (κ1) is 17.2. The monoisotopic (exact) mass is 342 g/mol. The normalized spacial score (nSPS) is 15.8. The number of carbonyl (C=O) groups is 1. The van der Waals surface area contributed by atoms with Gasteiger partial charge in [-0.05, 0) is 13.8 Å². The summed E-state index contributed by atoms with van der Waals surface area (Å²) >= 11 is 0. The van der Waals surface area contributed by atoms with Crippen molar-refractivity contribution in [3.05, 3.63) is 41.2 Å². The molecule has 2 heterocycles. The maximum Gasteiger partial charge on any atom is 0.341 e. The van der Waals surface area contributed by atoms with Gasteiger partial charge in [0, 0.05) is 38.0 Å². The molecule has 2 aromatic rings. The largest absolute Gasteiger partial charge is 0.477 e. The minimum atomic E-state index is -1.01. The molecule has 0 saturated carbocycles. The maximum absolute atomic E-state index is 11.8. The number of benzene rings is 1. The van der Waals surface area contributed by atoms with Crippen molar-refractivity contribution < 1.29 is 14.4 Å². The predicted octanol–water partition coefficient (Wildman–Crippen LogP) is 2.47. The molecule has 1 aromatic heterocycles. The van der Waals surface area contributed by atoms with Crippen molar-refractivity contribution >= 4 is 12.2 Å². The summed E-state index contributed by atoms with van der Waals surface area (Å²) in [4.78, 5) is 13.9. The number of hydrazone groups is 1. The van der Waals surface area contributed by atoms with E-state index in [4.69, 9.17) is 4.52 Å². The van der Waals surface area contributed by atoms with Crippen molar-refractivity contribution in [2.75, 3.05) is 26.2 Å². The molecule has 25 heavy (non-hydrogen) atoms. The predicted molar refractivity (Wildman–Crippen MR) is 94.7 cm³/mol. The van der Waals surface area contributed by atoms with Crippen LogP contribution in [0.5, 0.6) is 0 Å². The van der Waals surface area contributed by atoms with Crippen molar-refractivity contribution in [2.45, 2.75) is 20.4 Å². The Kier molecular flexibility index (Phi) is 5.14. The van der Waals surface area contributed by atoms with Crippen LogP contribution in [0.2, 0.25) is 0 Å². The van der Waals surface area contributed by atoms with Crippen LogP contribution in [0.3, 0.4) is 0 Å². The third-order valence-corrected chi connectivity index (χ3v) is 4.30. The van der Waals surface area contributed by atoms with Crippen molar-refractivity contribution in [1.29, 1.82) is 0 Å². The lowest BCUT2D eigenvalue weighted by molar-refractivity contribution is 0.0690. The van der Waals surface area contributed by atoms with Gasteiger partial charge in [0.25, 0.3) is 0 Å². The van der Waals surface area contributed by atoms with Crippen LogP contribution in [0.1, 0.15) is 28.6 Å². The van der Waals surface area contributed by atoms with Gasteiger partial charge in [0.2, 0.25) is 0 Å². The molecule has 0 amide bonds. The second-order valence-corrected chi connectivity index (χ2v) is 6.10. The summed E-state index contributed by atoms with van der Waals surface area (Å²) in [6.07, 6.45) is 1.78. The molecule has 0 aliphatic carbocycles. The van der Waals surface area contributed by atoms with E-state index in [1.165, 1.54) is 0 Å². The van der Waals surface area contributed by atoms with Gasteiger partial charge in [-0.15, -0.1) is 0 Å². The fraction of sp³-hybridized carbons (Fsp3) is 0.389. The number of carboxylic acids is 1. The van der Waals surface area contributed by atoms with Gasteiger partial charge in [0.05, 0.1) is 6.54 Å². The summed E-state index contributed by atoms with van der Waals surface area (Å²) in [5.41, 5.74) is 2.40. The lowest BCUT2D eigenvalue weighted by atomic mass is 10.0. The molecule has 0 atom stereocenters. The molecule has 1 aromatic carbocycles. The second kappa shape index (κ2) is 7.48. The Morgan fingerprint density at radius 1 is 1.28 bits per heavy atom. The van der Waals surface area contributed by atoms with Crippen molar-refractivity contribution in [3.63, 3.8) is 0 Å². The molecule has 1 aliphatic heterocycles. The number of rotatable bonds is 5. The molecule has 0 radical (unpaired) electrons. The first-order valence-corrected chi connectivity index (χ1v) is 8.33. The van der Waals surface area contributed by atoms with E-state index in [-0.39, 0.29) is 5.56 Å². The highest BCUT2D eigenvalue weighted by molar-refractivity contribution is 5.95. The summed E-state index contributed by atoms with van der Waals surface area (Å²) in [7, 11) is 0. The van der Waals surface area contributed by atoms with Crippen LogP contribution in [0.4, 0.5) is 0 Å². The van der Waals surface area contributed by atoms with E-state index in [9.17, 15) is 9.90 Å². The molecule has 7 nitrogen and oxygen atoms in total. The number of hydrogen-bond acceptors (Lipinski definition) is 6. The first-order valence-electron chi connectivity index (χ1n) is 8.33. The minimum absolute atomic E-state index is 0.151. The average Bonchev–Trinajstić information content (AvgIpc) is 3.01. The number of piperazine rings is 1. The highest BCUT2D eigenvalue weighted by Gasteiger charge is 2.26. The smallest absolute Gasteiger partial charge is 0.341 e. The third-order valence-electron chi connectivity index (χ3n) is 4.30. The van der Waals surface area contributed by atoms with Gasteiger partial charge >= 0.3 is 5.97 Å². The van der Waals surface area contributed by atoms with Gasteiger partial charge in [-0.1, -0.05) is 35.0 Å². The number of hydrogen-bond donors (Lipinski definition) is 1. The molecule has 3 rings (SSSR count). The van der Waals surface area contributed by atoms with Crippen LogP contribution < -0.4 is 0 Å². The van der Waals surface area contributed by atoms with Crippen molar-refractivity contribution in [2.24, 2.45) is 5.10 Å². The van der Waals surface area contributed by atoms with Crippen molar-refractivity contribution in [3.8, 4) is 11.3 Å². The van der Waals surface area contributed by atoms with Crippen LogP contribution >= 0.6 is 0 Å². The number of aryl methyl sites for hydroxylation is 1. The fourth-order valence-corrected chi connectivity index (χ4v) is 2.94. The van der Waals surface area contributed by atoms with Crippen LogP contribution in [0.15, 0.2) is 33.9 Å². The summed E-state index contributed by atoms with van der Waals surface area (Å²) in [5, 5.41) is 20.0. The van der Waals surface area contributed by atoms with Gasteiger partial charge in [-0.3, -0.25) is 9.91 Å². The Balaban J connectivity index is 1.78. The van der Waals surface area contributed by atoms with E-state index >= 15 is 0 Å². The maximum atomic E-state index is 11.8. The minimum Gasteiger partial charge on any atom is -0.477 e. The highest BCUT2D eigenvalue weighted by atomic mass is 16.5. The van der Waals surface area contributed by atoms with E-state index in [0.29, 0.717) is 18.0 Å². The Morgan fingerprint density at radius 2 is 1.96 bits per heavy atom. The summed E-state index contributed by atoms with van der Waals surface area (Å²) in [6.45, 7) is 7.54. The lowest BCUT2D eigenvalue weighted by Gasteiger charge is -2.32. The Morgan fingerprint density at radius 3 is 2.56 bits per heavy atom. The van der Waals surface area contributed by atoms with Crippen LogP contribution in [0, 0.1) is 6.92 Å². The molecule has 0 bridgehead atoms. The van der Waals surface area contributed by atoms with E-state index < -0.39 is 5.97 Å². The molecule has 132 valence electrons. The number of aromatic carboxylic acids is 1. The zero-order valence-corrected chi connectivity index (χ0v) is 14.5. The van der Waals surface area contributed by atoms with Crippen LogP contribution in [-0.4, -0.2) is 58.5 Å². The SMILES string of the molecule is C/C=N/N1CCN(Cc2onc(-c3ccc(C)cc3)c2C(=O)O)CC1. The van der Waals surface area contributed by atoms with Gasteiger partial charge in [0.1, 0.15) is 11.3 Å². The Labute approximate surface area is 146 Å². The second-order valence-electron chi connectivity index (χ2n) is 6.10. The number of carboxylic acid groups (broad SMARTS) is 1. The summed E-state index contributed by atoms with van der Waals surface area (Å²) < 4.78 is 5.40. The van der Waals surface area contributed by atoms with Gasteiger partial charge in [-0.2, -0.15) is 5.10 Å². The molecular formula is C18H22N4O3. The van der Waals surface area contributed by atoms with Crippen LogP contribution in [0.25, 0.3) is 11.3 Å². The molecule has 1 aliphatic rings. The molecule has 1 N–H and O–H groups in total. The van der Waals surface area contributed by atoms with Gasteiger partial charge in [-0.25, -0.2) is 4.79 Å². The standard InChI is InChI=1S/C18H22N4O3/c1-3-19-22-10-8-21(9-11-22)12-15-16(18(23)24)17(20-25-15)14-6-4-13(2)5-7-14/h3-7H,8-12H2,1-2H3,(H,23,24)/b19-3+. The Bertz CT molecular complexity index is 759. The zero-order chi connectivity index (χ0) is 17.8. The van der Waals surface area contributed by atoms with E-state index in [0.717, 1.165) is 37.3 Å². The van der Waals surface area contributed by atoms with Crippen LogP contribution in [-0.2, 0) is 6.54 Å². The molecular weight excluding hydrogens is 320 g/mol. The average molecular weight is 342 g/mol.